The quantitative estimate of drug-likeness (QED) is 0.839. The second-order valence-corrected chi connectivity index (χ2v) is 7.06. The monoisotopic (exact) mass is 277 g/mol. The second-order valence-electron chi connectivity index (χ2n) is 7.06. The van der Waals surface area contributed by atoms with Gasteiger partial charge in [0.1, 0.15) is 0 Å². The van der Waals surface area contributed by atoms with Gasteiger partial charge >= 0.3 is 7.12 Å². The fraction of sp³-hybridized carbons (Fsp3) is 0.667. The molecule has 0 bridgehead atoms. The molecule has 1 aromatic rings. The average molecular weight is 277 g/mol. The SMILES string of the molecule is Cc1cc(C(C)(C)O)c(B2OC(C)(C)C(C)(C)O2)cn1. The van der Waals surface area contributed by atoms with Crippen molar-refractivity contribution in [2.24, 2.45) is 0 Å². The Morgan fingerprint density at radius 3 is 2.10 bits per heavy atom. The lowest BCUT2D eigenvalue weighted by atomic mass is 9.73. The number of pyridine rings is 1. The smallest absolute Gasteiger partial charge is 0.399 e. The molecule has 0 saturated carbocycles. The summed E-state index contributed by atoms with van der Waals surface area (Å²) in [6.45, 7) is 13.5. The van der Waals surface area contributed by atoms with Crippen LogP contribution in [0.15, 0.2) is 12.3 Å². The van der Waals surface area contributed by atoms with E-state index in [1.54, 1.807) is 20.0 Å². The van der Waals surface area contributed by atoms with E-state index < -0.39 is 23.9 Å². The molecule has 0 atom stereocenters. The van der Waals surface area contributed by atoms with Crippen molar-refractivity contribution < 1.29 is 14.4 Å². The molecule has 0 radical (unpaired) electrons. The molecule has 0 spiro atoms. The lowest BCUT2D eigenvalue weighted by Crippen LogP contribution is -2.41. The fourth-order valence-electron chi connectivity index (χ4n) is 2.26. The maximum Gasteiger partial charge on any atom is 0.496 e. The van der Waals surface area contributed by atoms with Gasteiger partial charge in [0.2, 0.25) is 0 Å². The highest BCUT2D eigenvalue weighted by atomic mass is 16.7. The van der Waals surface area contributed by atoms with Gasteiger partial charge in [-0.2, -0.15) is 0 Å². The van der Waals surface area contributed by atoms with Gasteiger partial charge in [-0.1, -0.05) is 0 Å². The van der Waals surface area contributed by atoms with Crippen LogP contribution in [-0.4, -0.2) is 28.4 Å². The van der Waals surface area contributed by atoms with Crippen molar-refractivity contribution in [1.82, 2.24) is 4.98 Å². The van der Waals surface area contributed by atoms with Crippen molar-refractivity contribution in [1.29, 1.82) is 0 Å². The Hall–Kier alpha value is -0.905. The van der Waals surface area contributed by atoms with Crippen LogP contribution in [0.4, 0.5) is 0 Å². The van der Waals surface area contributed by atoms with Crippen LogP contribution in [0, 0.1) is 6.92 Å². The molecule has 1 N–H and O–H groups in total. The van der Waals surface area contributed by atoms with E-state index in [1.807, 2.05) is 40.7 Å². The van der Waals surface area contributed by atoms with E-state index >= 15 is 0 Å². The molecule has 1 saturated heterocycles. The van der Waals surface area contributed by atoms with Crippen LogP contribution in [0.3, 0.4) is 0 Å². The number of rotatable bonds is 2. The van der Waals surface area contributed by atoms with Crippen molar-refractivity contribution in [2.45, 2.75) is 65.3 Å². The van der Waals surface area contributed by atoms with Gasteiger partial charge in [0.05, 0.1) is 16.8 Å². The summed E-state index contributed by atoms with van der Waals surface area (Å²) in [7, 11) is -0.505. The summed E-state index contributed by atoms with van der Waals surface area (Å²) in [4.78, 5) is 4.32. The molecule has 1 aromatic heterocycles. The van der Waals surface area contributed by atoms with Gasteiger partial charge in [-0.25, -0.2) is 0 Å². The minimum Gasteiger partial charge on any atom is -0.399 e. The van der Waals surface area contributed by atoms with Gasteiger partial charge in [0, 0.05) is 17.4 Å². The van der Waals surface area contributed by atoms with Crippen molar-refractivity contribution in [2.75, 3.05) is 0 Å². The summed E-state index contributed by atoms with van der Waals surface area (Å²) in [5.74, 6) is 0. The maximum absolute atomic E-state index is 10.4. The van der Waals surface area contributed by atoms with Crippen LogP contribution in [0.5, 0.6) is 0 Å². The zero-order valence-electron chi connectivity index (χ0n) is 13.4. The Morgan fingerprint density at radius 2 is 1.65 bits per heavy atom. The van der Waals surface area contributed by atoms with Gasteiger partial charge in [-0.3, -0.25) is 4.98 Å². The first-order valence-electron chi connectivity index (χ1n) is 6.99. The number of nitrogens with zero attached hydrogens (tertiary/aromatic N) is 1. The molecule has 2 rings (SSSR count). The molecule has 4 nitrogen and oxygen atoms in total. The number of aromatic nitrogens is 1. The maximum atomic E-state index is 10.4. The first-order chi connectivity index (χ1) is 8.94. The Balaban J connectivity index is 2.46. The van der Waals surface area contributed by atoms with Gasteiger partial charge in [-0.15, -0.1) is 0 Å². The Kier molecular flexibility index (Phi) is 3.52. The number of aryl methyl sites for hydroxylation is 1. The summed E-state index contributed by atoms with van der Waals surface area (Å²) in [6.07, 6.45) is 1.74. The molecule has 1 aliphatic rings. The van der Waals surface area contributed by atoms with Gasteiger partial charge < -0.3 is 14.4 Å². The van der Waals surface area contributed by atoms with E-state index in [9.17, 15) is 5.11 Å². The van der Waals surface area contributed by atoms with Gasteiger partial charge in [0.15, 0.2) is 0 Å². The Labute approximate surface area is 121 Å². The molecule has 0 unspecified atom stereocenters. The largest absolute Gasteiger partial charge is 0.496 e. The highest BCUT2D eigenvalue weighted by molar-refractivity contribution is 6.62. The fourth-order valence-corrected chi connectivity index (χ4v) is 2.26. The summed E-state index contributed by atoms with van der Waals surface area (Å²) >= 11 is 0. The Bertz CT molecular complexity index is 504. The summed E-state index contributed by atoms with van der Waals surface area (Å²) in [5.41, 5.74) is 0.679. The number of hydrogen-bond acceptors (Lipinski definition) is 4. The van der Waals surface area contributed by atoms with Crippen LogP contribution in [-0.2, 0) is 14.9 Å². The van der Waals surface area contributed by atoms with Crippen molar-refractivity contribution in [3.8, 4) is 0 Å². The van der Waals surface area contributed by atoms with Crippen LogP contribution in [0.1, 0.15) is 52.8 Å². The van der Waals surface area contributed by atoms with Gasteiger partial charge in [-0.05, 0) is 60.1 Å². The third-order valence-corrected chi connectivity index (χ3v) is 4.24. The van der Waals surface area contributed by atoms with Crippen LogP contribution in [0.2, 0.25) is 0 Å². The molecule has 2 heterocycles. The highest BCUT2D eigenvalue weighted by Crippen LogP contribution is 2.37. The first-order valence-corrected chi connectivity index (χ1v) is 6.99. The number of aliphatic hydroxyl groups is 1. The summed E-state index contributed by atoms with van der Waals surface area (Å²) in [6, 6.07) is 1.89. The van der Waals surface area contributed by atoms with E-state index in [1.165, 1.54) is 0 Å². The van der Waals surface area contributed by atoms with Crippen LogP contribution < -0.4 is 5.46 Å². The van der Waals surface area contributed by atoms with E-state index in [4.69, 9.17) is 9.31 Å². The van der Waals surface area contributed by atoms with Crippen molar-refractivity contribution in [3.63, 3.8) is 0 Å². The third-order valence-electron chi connectivity index (χ3n) is 4.24. The summed E-state index contributed by atoms with van der Waals surface area (Å²) < 4.78 is 12.1. The van der Waals surface area contributed by atoms with Crippen molar-refractivity contribution in [3.05, 3.63) is 23.5 Å². The highest BCUT2D eigenvalue weighted by Gasteiger charge is 2.52. The number of hydrogen-bond donors (Lipinski definition) is 1. The topological polar surface area (TPSA) is 51.6 Å². The minimum atomic E-state index is -0.966. The van der Waals surface area contributed by atoms with E-state index in [0.29, 0.717) is 0 Å². The molecule has 1 aliphatic heterocycles. The normalized spacial score (nSPS) is 21.3. The van der Waals surface area contributed by atoms with E-state index in [0.717, 1.165) is 16.7 Å². The molecule has 110 valence electrons. The molecule has 1 fully saturated rings. The lowest BCUT2D eigenvalue weighted by molar-refractivity contribution is 0.00578. The molecule has 0 aliphatic carbocycles. The molecule has 0 amide bonds. The molecular formula is C15H24BNO3. The molecule has 20 heavy (non-hydrogen) atoms. The van der Waals surface area contributed by atoms with Gasteiger partial charge in [0.25, 0.3) is 0 Å². The third kappa shape index (κ3) is 2.62. The average Bonchev–Trinajstić information content (AvgIpc) is 2.46. The molecular weight excluding hydrogens is 253 g/mol. The summed E-state index contributed by atoms with van der Waals surface area (Å²) in [5, 5.41) is 10.4. The van der Waals surface area contributed by atoms with E-state index in [2.05, 4.69) is 4.98 Å². The first kappa shape index (κ1) is 15.5. The minimum absolute atomic E-state index is 0.403. The zero-order valence-corrected chi connectivity index (χ0v) is 13.4. The van der Waals surface area contributed by atoms with Crippen LogP contribution >= 0.6 is 0 Å². The predicted octanol–water partition coefficient (Wildman–Crippen LogP) is 1.92. The predicted molar refractivity (Wildman–Crippen MR) is 79.9 cm³/mol. The Morgan fingerprint density at radius 1 is 1.15 bits per heavy atom. The standard InChI is InChI=1S/C15H24BNO3/c1-10-8-11(13(2,3)18)12(9-17-10)16-19-14(4,5)15(6,7)20-16/h8-9,18H,1-7H3. The van der Waals surface area contributed by atoms with Crippen LogP contribution in [0.25, 0.3) is 0 Å². The second kappa shape index (κ2) is 4.55. The van der Waals surface area contributed by atoms with E-state index in [-0.39, 0.29) is 0 Å². The molecule has 0 aromatic carbocycles. The zero-order chi connectivity index (χ0) is 15.3. The molecule has 5 heteroatoms. The van der Waals surface area contributed by atoms with Crippen molar-refractivity contribution >= 4 is 12.6 Å². The lowest BCUT2D eigenvalue weighted by Gasteiger charge is -2.32.